The molecule has 0 bridgehead atoms. The highest BCUT2D eigenvalue weighted by molar-refractivity contribution is 6.35. The van der Waals surface area contributed by atoms with Gasteiger partial charge in [-0.15, -0.1) is 0 Å². The second-order valence-corrected chi connectivity index (χ2v) is 10.1. The van der Waals surface area contributed by atoms with Crippen LogP contribution in [-0.4, -0.2) is 29.3 Å². The van der Waals surface area contributed by atoms with Gasteiger partial charge < -0.3 is 10.2 Å². The summed E-state index contributed by atoms with van der Waals surface area (Å²) in [4.78, 5) is 28.8. The van der Waals surface area contributed by atoms with E-state index in [-0.39, 0.29) is 24.8 Å². The van der Waals surface area contributed by atoms with Crippen molar-refractivity contribution in [2.45, 2.75) is 46.2 Å². The number of halogens is 2. The molecule has 3 aromatic rings. The number of nitrogens with zero attached hydrogens (tertiary/aromatic N) is 1. The topological polar surface area (TPSA) is 49.4 Å². The summed E-state index contributed by atoms with van der Waals surface area (Å²) in [5.74, 6) is -0.0239. The van der Waals surface area contributed by atoms with Crippen LogP contribution < -0.4 is 5.32 Å². The first-order valence-corrected chi connectivity index (χ1v) is 12.6. The van der Waals surface area contributed by atoms with E-state index in [0.29, 0.717) is 28.9 Å². The number of rotatable bonds is 10. The third-order valence-electron chi connectivity index (χ3n) is 5.79. The van der Waals surface area contributed by atoms with Crippen molar-refractivity contribution in [1.29, 1.82) is 0 Å². The maximum absolute atomic E-state index is 13.7. The lowest BCUT2D eigenvalue weighted by atomic mass is 10.0. The van der Waals surface area contributed by atoms with Crippen LogP contribution in [0.3, 0.4) is 0 Å². The quantitative estimate of drug-likeness (QED) is 0.350. The molecule has 1 atom stereocenters. The molecule has 0 aliphatic heterocycles. The van der Waals surface area contributed by atoms with Crippen molar-refractivity contribution < 1.29 is 9.59 Å². The fourth-order valence-electron chi connectivity index (χ4n) is 3.79. The van der Waals surface area contributed by atoms with Crippen molar-refractivity contribution in [3.63, 3.8) is 0 Å². The summed E-state index contributed by atoms with van der Waals surface area (Å²) >= 11 is 12.6. The zero-order valence-corrected chi connectivity index (χ0v) is 21.9. The highest BCUT2D eigenvalue weighted by Gasteiger charge is 2.31. The molecule has 1 unspecified atom stereocenters. The Morgan fingerprint density at radius 1 is 0.914 bits per heavy atom. The summed E-state index contributed by atoms with van der Waals surface area (Å²) in [7, 11) is 0. The van der Waals surface area contributed by atoms with Crippen molar-refractivity contribution in [2.24, 2.45) is 5.92 Å². The van der Waals surface area contributed by atoms with Crippen LogP contribution in [0.5, 0.6) is 0 Å². The number of aryl methyl sites for hydroxylation is 1. The predicted octanol–water partition coefficient (Wildman–Crippen LogP) is 6.26. The molecule has 0 spiro atoms. The van der Waals surface area contributed by atoms with Crippen LogP contribution in [0.1, 0.15) is 36.1 Å². The molecule has 2 amide bonds. The molecule has 0 heterocycles. The van der Waals surface area contributed by atoms with Crippen LogP contribution in [0.2, 0.25) is 10.0 Å². The minimum absolute atomic E-state index is 0.138. The van der Waals surface area contributed by atoms with Gasteiger partial charge in [0.1, 0.15) is 6.04 Å². The van der Waals surface area contributed by atoms with Crippen LogP contribution in [0, 0.1) is 12.8 Å². The second kappa shape index (κ2) is 12.8. The molecule has 4 nitrogen and oxygen atoms in total. The Kier molecular flexibility index (Phi) is 9.76. The van der Waals surface area contributed by atoms with E-state index in [0.717, 1.165) is 22.3 Å². The summed E-state index contributed by atoms with van der Waals surface area (Å²) in [6.07, 6.45) is 0.587. The fourth-order valence-corrected chi connectivity index (χ4v) is 4.26. The van der Waals surface area contributed by atoms with E-state index < -0.39 is 6.04 Å². The first-order valence-electron chi connectivity index (χ1n) is 11.8. The van der Waals surface area contributed by atoms with E-state index in [9.17, 15) is 9.59 Å². The van der Waals surface area contributed by atoms with Gasteiger partial charge in [-0.05, 0) is 41.7 Å². The molecule has 184 valence electrons. The Morgan fingerprint density at radius 3 is 2.23 bits per heavy atom. The average molecular weight is 511 g/mol. The summed E-state index contributed by atoms with van der Waals surface area (Å²) in [6, 6.07) is 22.1. The van der Waals surface area contributed by atoms with Gasteiger partial charge in [0.15, 0.2) is 0 Å². The standard InChI is InChI=1S/C29H32Cl2N2O2/c1-20(2)18-32-29(35)27(15-22-7-5-4-6-8-22)33(19-24-13-14-25(30)17-26(24)31)28(34)16-23-11-9-21(3)10-12-23/h4-14,17,20,27H,15-16,18-19H2,1-3H3,(H,32,35). The summed E-state index contributed by atoms with van der Waals surface area (Å²) in [6.45, 7) is 6.83. The van der Waals surface area contributed by atoms with Gasteiger partial charge in [0.2, 0.25) is 11.8 Å². The van der Waals surface area contributed by atoms with E-state index in [1.54, 1.807) is 17.0 Å². The zero-order valence-electron chi connectivity index (χ0n) is 20.4. The molecule has 1 N–H and O–H groups in total. The van der Waals surface area contributed by atoms with Crippen molar-refractivity contribution in [1.82, 2.24) is 10.2 Å². The first-order chi connectivity index (χ1) is 16.7. The molecule has 0 saturated carbocycles. The van der Waals surface area contributed by atoms with E-state index in [4.69, 9.17) is 23.2 Å². The smallest absolute Gasteiger partial charge is 0.243 e. The molecule has 3 aromatic carbocycles. The summed E-state index contributed by atoms with van der Waals surface area (Å²) in [5.41, 5.74) is 3.74. The normalized spacial score (nSPS) is 11.8. The lowest BCUT2D eigenvalue weighted by molar-refractivity contribution is -0.140. The van der Waals surface area contributed by atoms with Crippen LogP contribution in [-0.2, 0) is 29.0 Å². The van der Waals surface area contributed by atoms with Crippen LogP contribution in [0.4, 0.5) is 0 Å². The lowest BCUT2D eigenvalue weighted by Crippen LogP contribution is -2.51. The molecule has 6 heteroatoms. The number of nitrogens with one attached hydrogen (secondary N) is 1. The van der Waals surface area contributed by atoms with Gasteiger partial charge >= 0.3 is 0 Å². The Bertz CT molecular complexity index is 1130. The third kappa shape index (κ3) is 8.12. The van der Waals surface area contributed by atoms with Gasteiger partial charge in [-0.25, -0.2) is 0 Å². The average Bonchev–Trinajstić information content (AvgIpc) is 2.83. The minimum atomic E-state index is -0.694. The number of amides is 2. The first kappa shape index (κ1) is 26.8. The molecule has 0 aliphatic rings. The van der Waals surface area contributed by atoms with Crippen LogP contribution >= 0.6 is 23.2 Å². The minimum Gasteiger partial charge on any atom is -0.354 e. The number of hydrogen-bond donors (Lipinski definition) is 1. The Hall–Kier alpha value is -2.82. The monoisotopic (exact) mass is 510 g/mol. The third-order valence-corrected chi connectivity index (χ3v) is 6.37. The van der Waals surface area contributed by atoms with Crippen LogP contribution in [0.15, 0.2) is 72.8 Å². The second-order valence-electron chi connectivity index (χ2n) is 9.26. The van der Waals surface area contributed by atoms with Gasteiger partial charge in [-0.2, -0.15) is 0 Å². The zero-order chi connectivity index (χ0) is 25.4. The Balaban J connectivity index is 1.97. The van der Waals surface area contributed by atoms with Crippen molar-refractivity contribution >= 4 is 35.0 Å². The van der Waals surface area contributed by atoms with Crippen molar-refractivity contribution in [3.05, 3.63) is 105 Å². The number of hydrogen-bond acceptors (Lipinski definition) is 2. The molecule has 35 heavy (non-hydrogen) atoms. The van der Waals surface area contributed by atoms with Crippen molar-refractivity contribution in [2.75, 3.05) is 6.54 Å². The van der Waals surface area contributed by atoms with E-state index >= 15 is 0 Å². The Labute approximate surface area is 218 Å². The van der Waals surface area contributed by atoms with E-state index in [1.165, 1.54) is 0 Å². The molecule has 0 radical (unpaired) electrons. The van der Waals surface area contributed by atoms with Gasteiger partial charge in [0, 0.05) is 29.6 Å². The van der Waals surface area contributed by atoms with Gasteiger partial charge in [-0.1, -0.05) is 103 Å². The number of carbonyl (C=O) groups is 2. The highest BCUT2D eigenvalue weighted by atomic mass is 35.5. The van der Waals surface area contributed by atoms with Gasteiger partial charge in [0.25, 0.3) is 0 Å². The molecule has 3 rings (SSSR count). The number of benzene rings is 3. The molecular formula is C29H32Cl2N2O2. The molecule has 0 fully saturated rings. The highest BCUT2D eigenvalue weighted by Crippen LogP contribution is 2.24. The van der Waals surface area contributed by atoms with E-state index in [2.05, 4.69) is 5.32 Å². The lowest BCUT2D eigenvalue weighted by Gasteiger charge is -2.32. The van der Waals surface area contributed by atoms with Gasteiger partial charge in [0.05, 0.1) is 6.42 Å². The SMILES string of the molecule is Cc1ccc(CC(=O)N(Cc2ccc(Cl)cc2Cl)C(Cc2ccccc2)C(=O)NCC(C)C)cc1. The van der Waals surface area contributed by atoms with Crippen LogP contribution in [0.25, 0.3) is 0 Å². The maximum Gasteiger partial charge on any atom is 0.243 e. The molecular weight excluding hydrogens is 479 g/mol. The molecule has 0 aromatic heterocycles. The fraction of sp³-hybridized carbons (Fsp3) is 0.310. The van der Waals surface area contributed by atoms with E-state index in [1.807, 2.05) is 81.4 Å². The van der Waals surface area contributed by atoms with Gasteiger partial charge in [-0.3, -0.25) is 9.59 Å². The van der Waals surface area contributed by atoms with Crippen molar-refractivity contribution in [3.8, 4) is 0 Å². The number of carbonyl (C=O) groups excluding carboxylic acids is 2. The molecule has 0 aliphatic carbocycles. The summed E-state index contributed by atoms with van der Waals surface area (Å²) < 4.78 is 0. The predicted molar refractivity (Wildman–Crippen MR) is 144 cm³/mol. The Morgan fingerprint density at radius 2 is 1.60 bits per heavy atom. The summed E-state index contributed by atoms with van der Waals surface area (Å²) in [5, 5.41) is 4.02. The maximum atomic E-state index is 13.7. The molecule has 0 saturated heterocycles. The largest absolute Gasteiger partial charge is 0.354 e.